The minimum atomic E-state index is -1.37. The number of alkyl halides is 1. The van der Waals surface area contributed by atoms with Crippen molar-refractivity contribution >= 4 is 5.91 Å². The highest BCUT2D eigenvalue weighted by atomic mass is 19.1. The summed E-state index contributed by atoms with van der Waals surface area (Å²) in [6, 6.07) is 11.1. The molecule has 8 nitrogen and oxygen atoms in total. The van der Waals surface area contributed by atoms with Crippen molar-refractivity contribution in [1.82, 2.24) is 19.6 Å². The van der Waals surface area contributed by atoms with Gasteiger partial charge in [0.25, 0.3) is 0 Å². The lowest BCUT2D eigenvalue weighted by molar-refractivity contribution is -0.141. The fourth-order valence-corrected chi connectivity index (χ4v) is 4.03. The maximum atomic E-state index is 14.6. The second-order valence-electron chi connectivity index (χ2n) is 9.49. The fraction of sp³-hybridized carbons (Fsp3) is 0.480. The van der Waals surface area contributed by atoms with Crippen molar-refractivity contribution in [2.45, 2.75) is 46.5 Å². The van der Waals surface area contributed by atoms with Crippen LogP contribution in [-0.4, -0.2) is 58.5 Å². The molecule has 2 atom stereocenters. The number of rotatable bonds is 10. The first kappa shape index (κ1) is 25.6. The summed E-state index contributed by atoms with van der Waals surface area (Å²) >= 11 is 0. The molecule has 0 saturated heterocycles. The summed E-state index contributed by atoms with van der Waals surface area (Å²) in [4.78, 5) is 19.6. The summed E-state index contributed by atoms with van der Waals surface area (Å²) in [7, 11) is 1.44. The number of imidazole rings is 1. The van der Waals surface area contributed by atoms with Gasteiger partial charge in [-0.25, -0.2) is 9.37 Å². The molecule has 2 aromatic heterocycles. The molecule has 0 spiro atoms. The second-order valence-corrected chi connectivity index (χ2v) is 9.49. The average Bonchev–Trinajstić information content (AvgIpc) is 3.39. The molecular weight excluding hydrogens is 437 g/mol. The molecule has 1 unspecified atom stereocenters. The number of carbonyl (C=O) groups excluding carboxylic acids is 1. The molecule has 1 aromatic carbocycles. The van der Waals surface area contributed by atoms with Crippen LogP contribution < -0.4 is 5.73 Å². The summed E-state index contributed by atoms with van der Waals surface area (Å²) in [6.45, 7) is 7.72. The van der Waals surface area contributed by atoms with Gasteiger partial charge in [-0.3, -0.25) is 4.79 Å². The van der Waals surface area contributed by atoms with Gasteiger partial charge in [-0.05, 0) is 12.3 Å². The van der Waals surface area contributed by atoms with Crippen LogP contribution in [0.2, 0.25) is 0 Å². The highest BCUT2D eigenvalue weighted by molar-refractivity contribution is 5.78. The van der Waals surface area contributed by atoms with E-state index in [0.717, 1.165) is 17.0 Å². The SMILES string of the molecule is COCC(=O)N(CC(F)CN)[C@@H](c1nc(-c2ccccc2)cn1Cc1cc(C)on1)C(C)(C)C. The van der Waals surface area contributed by atoms with E-state index < -0.39 is 17.6 Å². The van der Waals surface area contributed by atoms with Crippen LogP contribution in [0.1, 0.15) is 44.1 Å². The van der Waals surface area contributed by atoms with Gasteiger partial charge in [0.15, 0.2) is 0 Å². The van der Waals surface area contributed by atoms with Gasteiger partial charge in [0.2, 0.25) is 5.91 Å². The van der Waals surface area contributed by atoms with Crippen molar-refractivity contribution in [2.24, 2.45) is 11.1 Å². The Morgan fingerprint density at radius 3 is 2.56 bits per heavy atom. The maximum absolute atomic E-state index is 14.6. The molecule has 2 heterocycles. The zero-order chi connectivity index (χ0) is 24.9. The Morgan fingerprint density at radius 1 is 1.29 bits per heavy atom. The van der Waals surface area contributed by atoms with Gasteiger partial charge in [0, 0.05) is 31.5 Å². The predicted molar refractivity (Wildman–Crippen MR) is 128 cm³/mol. The molecule has 3 aromatic rings. The van der Waals surface area contributed by atoms with E-state index in [1.807, 2.05) is 74.9 Å². The normalized spacial score (nSPS) is 13.6. The summed E-state index contributed by atoms with van der Waals surface area (Å²) in [6.07, 6.45) is 0.559. The van der Waals surface area contributed by atoms with E-state index in [0.29, 0.717) is 18.1 Å². The van der Waals surface area contributed by atoms with Crippen LogP contribution in [0.3, 0.4) is 0 Å². The summed E-state index contributed by atoms with van der Waals surface area (Å²) in [5.41, 5.74) is 7.51. The Kier molecular flexibility index (Phi) is 8.22. The van der Waals surface area contributed by atoms with E-state index in [1.54, 1.807) is 0 Å². The fourth-order valence-electron chi connectivity index (χ4n) is 4.03. The van der Waals surface area contributed by atoms with Gasteiger partial charge in [0.1, 0.15) is 30.1 Å². The molecule has 2 N–H and O–H groups in total. The van der Waals surface area contributed by atoms with Crippen LogP contribution in [0.25, 0.3) is 11.3 Å². The molecule has 0 bridgehead atoms. The largest absolute Gasteiger partial charge is 0.375 e. The van der Waals surface area contributed by atoms with Crippen LogP contribution in [-0.2, 0) is 16.1 Å². The van der Waals surface area contributed by atoms with Gasteiger partial charge in [-0.15, -0.1) is 0 Å². The van der Waals surface area contributed by atoms with E-state index >= 15 is 0 Å². The quantitative estimate of drug-likeness (QED) is 0.483. The number of aryl methyl sites for hydroxylation is 1. The molecule has 34 heavy (non-hydrogen) atoms. The Labute approximate surface area is 199 Å². The van der Waals surface area contributed by atoms with E-state index in [-0.39, 0.29) is 25.6 Å². The Balaban J connectivity index is 2.16. The zero-order valence-corrected chi connectivity index (χ0v) is 20.5. The molecule has 0 radical (unpaired) electrons. The van der Waals surface area contributed by atoms with Gasteiger partial charge < -0.3 is 24.5 Å². The van der Waals surface area contributed by atoms with E-state index in [4.69, 9.17) is 20.0 Å². The van der Waals surface area contributed by atoms with Crippen molar-refractivity contribution in [3.63, 3.8) is 0 Å². The lowest BCUT2D eigenvalue weighted by Crippen LogP contribution is -2.47. The minimum absolute atomic E-state index is 0.156. The van der Waals surface area contributed by atoms with Crippen molar-refractivity contribution in [3.05, 3.63) is 59.9 Å². The second kappa shape index (κ2) is 10.9. The van der Waals surface area contributed by atoms with Gasteiger partial charge in [0.05, 0.1) is 24.8 Å². The molecule has 0 fully saturated rings. The number of nitrogens with zero attached hydrogens (tertiary/aromatic N) is 4. The summed E-state index contributed by atoms with van der Waals surface area (Å²) < 4.78 is 26.9. The first-order valence-electron chi connectivity index (χ1n) is 11.3. The first-order chi connectivity index (χ1) is 16.1. The third-order valence-electron chi connectivity index (χ3n) is 5.50. The third-order valence-corrected chi connectivity index (χ3v) is 5.50. The molecule has 9 heteroatoms. The number of halogens is 1. The number of hydrogen-bond acceptors (Lipinski definition) is 6. The molecule has 0 aliphatic rings. The van der Waals surface area contributed by atoms with Crippen molar-refractivity contribution in [3.8, 4) is 11.3 Å². The van der Waals surface area contributed by atoms with Gasteiger partial charge in [-0.1, -0.05) is 56.3 Å². The van der Waals surface area contributed by atoms with E-state index in [1.165, 1.54) is 12.0 Å². The van der Waals surface area contributed by atoms with Crippen molar-refractivity contribution < 1.29 is 18.4 Å². The smallest absolute Gasteiger partial charge is 0.249 e. The molecule has 184 valence electrons. The van der Waals surface area contributed by atoms with E-state index in [9.17, 15) is 9.18 Å². The van der Waals surface area contributed by atoms with Crippen molar-refractivity contribution in [2.75, 3.05) is 26.8 Å². The highest BCUT2D eigenvalue weighted by Gasteiger charge is 2.39. The number of ether oxygens (including phenoxy) is 1. The Hall–Kier alpha value is -3.04. The Morgan fingerprint density at radius 2 is 2.00 bits per heavy atom. The van der Waals surface area contributed by atoms with E-state index in [2.05, 4.69) is 5.16 Å². The molecule has 0 saturated carbocycles. The Bertz CT molecular complexity index is 1070. The third kappa shape index (κ3) is 6.09. The topological polar surface area (TPSA) is 99.4 Å². The predicted octanol–water partition coefficient (Wildman–Crippen LogP) is 3.75. The molecule has 0 aliphatic heterocycles. The number of methoxy groups -OCH3 is 1. The number of nitrogens with two attached hydrogens (primary N) is 1. The molecule has 1 amide bonds. The van der Waals surface area contributed by atoms with Gasteiger partial charge >= 0.3 is 0 Å². The van der Waals surface area contributed by atoms with Crippen LogP contribution in [0.15, 0.2) is 47.1 Å². The summed E-state index contributed by atoms with van der Waals surface area (Å²) in [5, 5.41) is 4.13. The van der Waals surface area contributed by atoms with Gasteiger partial charge in [-0.2, -0.15) is 0 Å². The zero-order valence-electron chi connectivity index (χ0n) is 20.5. The lowest BCUT2D eigenvalue weighted by Gasteiger charge is -2.40. The average molecular weight is 472 g/mol. The summed E-state index contributed by atoms with van der Waals surface area (Å²) in [5.74, 6) is 1.000. The monoisotopic (exact) mass is 471 g/mol. The number of amides is 1. The first-order valence-corrected chi connectivity index (χ1v) is 11.3. The molecular formula is C25H34FN5O3. The number of hydrogen-bond donors (Lipinski definition) is 1. The molecule has 3 rings (SSSR count). The minimum Gasteiger partial charge on any atom is -0.375 e. The molecule has 0 aliphatic carbocycles. The number of benzene rings is 1. The number of carbonyl (C=O) groups is 1. The van der Waals surface area contributed by atoms with Crippen LogP contribution in [0, 0.1) is 12.3 Å². The number of aromatic nitrogens is 3. The lowest BCUT2D eigenvalue weighted by atomic mass is 9.84. The van der Waals surface area contributed by atoms with Crippen molar-refractivity contribution in [1.29, 1.82) is 0 Å². The van der Waals surface area contributed by atoms with Crippen LogP contribution in [0.4, 0.5) is 4.39 Å². The van der Waals surface area contributed by atoms with Crippen LogP contribution in [0.5, 0.6) is 0 Å². The maximum Gasteiger partial charge on any atom is 0.249 e. The standard InChI is InChI=1S/C25H34FN5O3/c1-17-11-20(29-34-17)14-30-15-21(18-9-7-6-8-10-18)28-24(30)23(25(2,3)4)31(13-19(26)12-27)22(32)16-33-5/h6-11,15,19,23H,12-14,16,27H2,1-5H3/t19?,23-/m0/s1. The highest BCUT2D eigenvalue weighted by Crippen LogP contribution is 2.39. The van der Waals surface area contributed by atoms with Crippen LogP contribution >= 0.6 is 0 Å².